The second-order valence-corrected chi connectivity index (χ2v) is 8.72. The Morgan fingerprint density at radius 3 is 2.31 bits per heavy atom. The van der Waals surface area contributed by atoms with Gasteiger partial charge < -0.3 is 14.7 Å². The van der Waals surface area contributed by atoms with E-state index in [1.54, 1.807) is 11.0 Å². The molecule has 1 aliphatic heterocycles. The van der Waals surface area contributed by atoms with Crippen molar-refractivity contribution >= 4 is 21.2 Å². The van der Waals surface area contributed by atoms with Crippen molar-refractivity contribution in [1.29, 1.82) is 0 Å². The molecule has 0 aromatic heterocycles. The molecule has 3 rings (SSSR count). The zero-order chi connectivity index (χ0) is 18.9. The van der Waals surface area contributed by atoms with Crippen molar-refractivity contribution in [1.82, 2.24) is 4.90 Å². The van der Waals surface area contributed by atoms with Crippen molar-refractivity contribution in [2.45, 2.75) is 9.79 Å². The average molecular weight is 377 g/mol. The molecule has 1 aliphatic rings. The van der Waals surface area contributed by atoms with E-state index >= 15 is 0 Å². The van der Waals surface area contributed by atoms with Crippen molar-refractivity contribution in [3.63, 3.8) is 0 Å². The highest BCUT2D eigenvalue weighted by Gasteiger charge is 2.24. The average Bonchev–Trinajstić information content (AvgIpc) is 2.62. The maximum absolute atomic E-state index is 13.5. The highest BCUT2D eigenvalue weighted by atomic mass is 32.2. The molecule has 1 fully saturated rings. The van der Waals surface area contributed by atoms with Gasteiger partial charge in [-0.25, -0.2) is 12.8 Å². The number of nitrogens with zero attached hydrogens (tertiary/aromatic N) is 3. The van der Waals surface area contributed by atoms with Crippen LogP contribution in [-0.2, 0) is 9.84 Å². The number of sulfone groups is 1. The number of halogens is 1. The summed E-state index contributed by atoms with van der Waals surface area (Å²) in [5.41, 5.74) is 1.60. The Labute approximate surface area is 154 Å². The Kier molecular flexibility index (Phi) is 5.20. The third kappa shape index (κ3) is 3.68. The first-order valence-corrected chi connectivity index (χ1v) is 10.0. The van der Waals surface area contributed by atoms with Gasteiger partial charge in [-0.2, -0.15) is 0 Å². The molecule has 0 radical (unpaired) electrons. The maximum Gasteiger partial charge on any atom is 0.208 e. The van der Waals surface area contributed by atoms with Crippen molar-refractivity contribution in [2.24, 2.45) is 0 Å². The number of likely N-dealkylation sites (N-methyl/N-ethyl adjacent to an activating group) is 1. The van der Waals surface area contributed by atoms with Crippen LogP contribution in [0.5, 0.6) is 0 Å². The summed E-state index contributed by atoms with van der Waals surface area (Å²) in [7, 11) is 1.92. The molecule has 2 aromatic carbocycles. The molecule has 0 spiro atoms. The Morgan fingerprint density at radius 1 is 1.00 bits per heavy atom. The molecule has 1 heterocycles. The minimum absolute atomic E-state index is 0.0343. The second-order valence-electron chi connectivity index (χ2n) is 6.80. The Bertz CT molecular complexity index is 891. The first-order valence-electron chi connectivity index (χ1n) is 8.54. The first kappa shape index (κ1) is 18.7. The zero-order valence-electron chi connectivity index (χ0n) is 15.3. The molecule has 0 N–H and O–H groups in total. The molecule has 0 atom stereocenters. The Morgan fingerprint density at radius 2 is 1.69 bits per heavy atom. The van der Waals surface area contributed by atoms with Gasteiger partial charge in [0.1, 0.15) is 5.82 Å². The van der Waals surface area contributed by atoms with E-state index in [-0.39, 0.29) is 9.79 Å². The third-order valence-corrected chi connectivity index (χ3v) is 6.49. The van der Waals surface area contributed by atoms with Crippen LogP contribution in [0.15, 0.2) is 52.3 Å². The summed E-state index contributed by atoms with van der Waals surface area (Å²) in [5, 5.41) is 0. The minimum atomic E-state index is -3.80. The fourth-order valence-corrected chi connectivity index (χ4v) is 4.65. The van der Waals surface area contributed by atoms with Crippen LogP contribution in [0.25, 0.3) is 0 Å². The number of piperazine rings is 1. The van der Waals surface area contributed by atoms with Crippen molar-refractivity contribution < 1.29 is 12.8 Å². The number of hydrogen-bond acceptors (Lipinski definition) is 5. The molecule has 0 amide bonds. The van der Waals surface area contributed by atoms with Gasteiger partial charge in [-0.1, -0.05) is 6.07 Å². The van der Waals surface area contributed by atoms with Gasteiger partial charge in [0.15, 0.2) is 0 Å². The van der Waals surface area contributed by atoms with Crippen LogP contribution in [0.4, 0.5) is 15.8 Å². The van der Waals surface area contributed by atoms with E-state index in [0.717, 1.165) is 37.9 Å². The molecule has 140 valence electrons. The van der Waals surface area contributed by atoms with Gasteiger partial charge in [0.25, 0.3) is 0 Å². The van der Waals surface area contributed by atoms with Gasteiger partial charge in [-0.15, -0.1) is 0 Å². The van der Waals surface area contributed by atoms with Gasteiger partial charge in [0, 0.05) is 46.0 Å². The molecule has 0 aliphatic carbocycles. The van der Waals surface area contributed by atoms with E-state index in [2.05, 4.69) is 16.8 Å². The van der Waals surface area contributed by atoms with Crippen LogP contribution in [0, 0.1) is 5.82 Å². The van der Waals surface area contributed by atoms with Crippen molar-refractivity contribution in [3.8, 4) is 0 Å². The van der Waals surface area contributed by atoms with E-state index < -0.39 is 15.7 Å². The van der Waals surface area contributed by atoms with Crippen LogP contribution < -0.4 is 9.80 Å². The Hall–Kier alpha value is -2.12. The van der Waals surface area contributed by atoms with Crippen LogP contribution >= 0.6 is 0 Å². The monoisotopic (exact) mass is 377 g/mol. The summed E-state index contributed by atoms with van der Waals surface area (Å²) in [6, 6.07) is 10.5. The van der Waals surface area contributed by atoms with E-state index in [1.165, 1.54) is 18.2 Å². The fourth-order valence-electron chi connectivity index (χ4n) is 3.10. The molecule has 26 heavy (non-hydrogen) atoms. The highest BCUT2D eigenvalue weighted by Crippen LogP contribution is 2.33. The molecular weight excluding hydrogens is 353 g/mol. The topological polar surface area (TPSA) is 43.9 Å². The van der Waals surface area contributed by atoms with Crippen molar-refractivity contribution in [3.05, 3.63) is 48.3 Å². The smallest absolute Gasteiger partial charge is 0.208 e. The van der Waals surface area contributed by atoms with E-state index in [0.29, 0.717) is 5.69 Å². The molecule has 0 bridgehead atoms. The third-order valence-electron chi connectivity index (χ3n) is 4.69. The van der Waals surface area contributed by atoms with Gasteiger partial charge in [0.2, 0.25) is 9.84 Å². The number of anilines is 2. The van der Waals surface area contributed by atoms with Crippen LogP contribution in [0.1, 0.15) is 0 Å². The van der Waals surface area contributed by atoms with Crippen molar-refractivity contribution in [2.75, 3.05) is 57.1 Å². The summed E-state index contributed by atoms with van der Waals surface area (Å²) in [6.45, 7) is 3.75. The Balaban J connectivity index is 2.02. The largest absolute Gasteiger partial charge is 0.377 e. The molecule has 7 heteroatoms. The van der Waals surface area contributed by atoms with E-state index in [4.69, 9.17) is 0 Å². The van der Waals surface area contributed by atoms with Gasteiger partial charge in [0.05, 0.1) is 15.5 Å². The van der Waals surface area contributed by atoms with E-state index in [9.17, 15) is 12.8 Å². The van der Waals surface area contributed by atoms with Crippen LogP contribution in [-0.4, -0.2) is 60.6 Å². The normalized spacial score (nSPS) is 15.9. The summed E-state index contributed by atoms with van der Waals surface area (Å²) in [4.78, 5) is 6.46. The highest BCUT2D eigenvalue weighted by molar-refractivity contribution is 7.91. The fraction of sp³-hybridized carbons (Fsp3) is 0.368. The first-order chi connectivity index (χ1) is 12.3. The number of rotatable bonds is 4. The van der Waals surface area contributed by atoms with Gasteiger partial charge in [-0.05, 0) is 43.4 Å². The van der Waals surface area contributed by atoms with Gasteiger partial charge in [-0.3, -0.25) is 0 Å². The van der Waals surface area contributed by atoms with Gasteiger partial charge >= 0.3 is 0 Å². The summed E-state index contributed by atoms with van der Waals surface area (Å²) >= 11 is 0. The zero-order valence-corrected chi connectivity index (χ0v) is 16.1. The number of hydrogen-bond donors (Lipinski definition) is 0. The molecule has 5 nitrogen and oxygen atoms in total. The van der Waals surface area contributed by atoms with Crippen LogP contribution in [0.3, 0.4) is 0 Å². The minimum Gasteiger partial charge on any atom is -0.377 e. The van der Waals surface area contributed by atoms with Crippen LogP contribution in [0.2, 0.25) is 0 Å². The van der Waals surface area contributed by atoms with E-state index in [1.807, 2.05) is 26.2 Å². The lowest BCUT2D eigenvalue weighted by Crippen LogP contribution is -2.44. The number of benzene rings is 2. The maximum atomic E-state index is 13.5. The lowest BCUT2D eigenvalue weighted by molar-refractivity contribution is 0.313. The predicted molar refractivity (Wildman–Crippen MR) is 102 cm³/mol. The molecule has 2 aromatic rings. The molecule has 1 saturated heterocycles. The standard InChI is InChI=1S/C19H24FN3O2S/c1-21(2)18-14-16(23-11-9-22(3)10-12-23)7-8-19(18)26(24,25)17-6-4-5-15(20)13-17/h4-8,13-14H,9-12H2,1-3H3. The molecule has 0 unspecified atom stereocenters. The summed E-state index contributed by atoms with van der Waals surface area (Å²) in [6.07, 6.45) is 0. The second kappa shape index (κ2) is 7.25. The predicted octanol–water partition coefficient (Wildman–Crippen LogP) is 2.48. The quantitative estimate of drug-likeness (QED) is 0.819. The lowest BCUT2D eigenvalue weighted by atomic mass is 10.2. The summed E-state index contributed by atoms with van der Waals surface area (Å²) in [5.74, 6) is -0.563. The summed E-state index contributed by atoms with van der Waals surface area (Å²) < 4.78 is 39.6. The molecule has 0 saturated carbocycles. The molecular formula is C19H24FN3O2S. The SMILES string of the molecule is CN1CCN(c2ccc(S(=O)(=O)c3cccc(F)c3)c(N(C)C)c2)CC1. The lowest BCUT2D eigenvalue weighted by Gasteiger charge is -2.34.